The average Bonchev–Trinajstić information content (AvgIpc) is 3.23. The minimum atomic E-state index is -0.775. The predicted molar refractivity (Wildman–Crippen MR) is 252 cm³/mol. The Morgan fingerprint density at radius 1 is 0.339 bits per heavy atom. The molecule has 1 atom stereocenters. The van der Waals surface area contributed by atoms with Crippen LogP contribution in [0.2, 0.25) is 0 Å². The highest BCUT2D eigenvalue weighted by Crippen LogP contribution is 2.15. The second-order valence-electron chi connectivity index (χ2n) is 17.1. The zero-order valence-corrected chi connectivity index (χ0v) is 39.3. The topological polar surface area (TPSA) is 78.9 Å². The van der Waals surface area contributed by atoms with Gasteiger partial charge in [0.05, 0.1) is 0 Å². The maximum atomic E-state index is 12.7. The van der Waals surface area contributed by atoms with E-state index in [4.69, 9.17) is 14.2 Å². The van der Waals surface area contributed by atoms with Crippen molar-refractivity contribution in [1.82, 2.24) is 0 Å². The molecule has 0 rings (SSSR count). The molecule has 6 nitrogen and oxygen atoms in total. The zero-order valence-electron chi connectivity index (χ0n) is 39.3. The van der Waals surface area contributed by atoms with Crippen LogP contribution in [-0.4, -0.2) is 37.2 Å². The highest BCUT2D eigenvalue weighted by molar-refractivity contribution is 5.71. The van der Waals surface area contributed by atoms with Crippen LogP contribution in [0.3, 0.4) is 0 Å². The Hall–Kier alpha value is -2.37. The molecule has 0 aliphatic carbocycles. The minimum absolute atomic E-state index is 0.0754. The molecule has 0 aromatic rings. The lowest BCUT2D eigenvalue weighted by Gasteiger charge is -2.18. The number of unbranched alkanes of at least 4 members (excludes halogenated alkanes) is 29. The molecule has 59 heavy (non-hydrogen) atoms. The fourth-order valence-corrected chi connectivity index (χ4v) is 7.22. The normalized spacial score (nSPS) is 12.3. The van der Waals surface area contributed by atoms with E-state index in [0.29, 0.717) is 19.3 Å². The smallest absolute Gasteiger partial charge is 0.306 e. The highest BCUT2D eigenvalue weighted by Gasteiger charge is 2.19. The number of hydrogen-bond acceptors (Lipinski definition) is 6. The fourth-order valence-electron chi connectivity index (χ4n) is 7.22. The van der Waals surface area contributed by atoms with Gasteiger partial charge in [0.1, 0.15) is 13.2 Å². The molecule has 0 aromatic carbocycles. The third kappa shape index (κ3) is 46.5. The number of esters is 3. The standard InChI is InChI=1S/C53H96O6/c1-4-7-10-13-16-19-22-24-25-26-27-29-32-34-37-40-43-46-52(55)58-49-50(59-53(56)47-44-41-38-35-30-21-18-15-12-9-6-3)48-57-51(54)45-42-39-36-33-31-28-23-20-17-14-11-8-5-2/h15-16,18-19,24-25,50H,4-14,17,20-23,26-49H2,1-3H3/b18-15-,19-16-,25-24-/t50-/m0/s1. The van der Waals surface area contributed by atoms with E-state index in [1.54, 1.807) is 0 Å². The number of carbonyl (C=O) groups is 3. The van der Waals surface area contributed by atoms with Crippen LogP contribution in [-0.2, 0) is 28.6 Å². The predicted octanol–water partition coefficient (Wildman–Crippen LogP) is 16.5. The Morgan fingerprint density at radius 3 is 1.03 bits per heavy atom. The quantitative estimate of drug-likeness (QED) is 0.0263. The van der Waals surface area contributed by atoms with E-state index >= 15 is 0 Å². The van der Waals surface area contributed by atoms with E-state index in [1.165, 1.54) is 141 Å². The lowest BCUT2D eigenvalue weighted by molar-refractivity contribution is -0.167. The van der Waals surface area contributed by atoms with Gasteiger partial charge in [-0.25, -0.2) is 0 Å². The van der Waals surface area contributed by atoms with Gasteiger partial charge in [-0.3, -0.25) is 14.4 Å². The van der Waals surface area contributed by atoms with Crippen molar-refractivity contribution in [3.8, 4) is 0 Å². The second kappa shape index (κ2) is 48.3. The molecule has 0 N–H and O–H groups in total. The minimum Gasteiger partial charge on any atom is -0.462 e. The van der Waals surface area contributed by atoms with Gasteiger partial charge in [0, 0.05) is 19.3 Å². The summed E-state index contributed by atoms with van der Waals surface area (Å²) in [6.07, 6.45) is 55.5. The molecule has 0 fully saturated rings. The van der Waals surface area contributed by atoms with Crippen LogP contribution >= 0.6 is 0 Å². The second-order valence-corrected chi connectivity index (χ2v) is 17.1. The van der Waals surface area contributed by atoms with Crippen molar-refractivity contribution < 1.29 is 28.6 Å². The molecule has 0 aliphatic rings. The molecular weight excluding hydrogens is 733 g/mol. The molecule has 0 amide bonds. The molecule has 0 spiro atoms. The summed E-state index contributed by atoms with van der Waals surface area (Å²) in [5, 5.41) is 0. The molecule has 0 aromatic heterocycles. The fraction of sp³-hybridized carbons (Fsp3) is 0.830. The van der Waals surface area contributed by atoms with Crippen LogP contribution in [0.1, 0.15) is 265 Å². The van der Waals surface area contributed by atoms with Gasteiger partial charge in [-0.05, 0) is 70.6 Å². The summed E-state index contributed by atoms with van der Waals surface area (Å²) >= 11 is 0. The van der Waals surface area contributed by atoms with Gasteiger partial charge in [-0.1, -0.05) is 211 Å². The van der Waals surface area contributed by atoms with Crippen molar-refractivity contribution in [3.05, 3.63) is 36.5 Å². The maximum absolute atomic E-state index is 12.7. The number of hydrogen-bond donors (Lipinski definition) is 0. The summed E-state index contributed by atoms with van der Waals surface area (Å²) in [5.74, 6) is -0.885. The summed E-state index contributed by atoms with van der Waals surface area (Å²) in [5.41, 5.74) is 0. The lowest BCUT2D eigenvalue weighted by atomic mass is 10.0. The van der Waals surface area contributed by atoms with Crippen molar-refractivity contribution in [2.75, 3.05) is 13.2 Å². The van der Waals surface area contributed by atoms with Crippen LogP contribution in [0.4, 0.5) is 0 Å². The molecule has 0 heterocycles. The largest absolute Gasteiger partial charge is 0.462 e. The van der Waals surface area contributed by atoms with Crippen LogP contribution < -0.4 is 0 Å². The monoisotopic (exact) mass is 829 g/mol. The molecule has 0 saturated carbocycles. The summed E-state index contributed by atoms with van der Waals surface area (Å²) in [6, 6.07) is 0. The summed E-state index contributed by atoms with van der Waals surface area (Å²) in [7, 11) is 0. The maximum Gasteiger partial charge on any atom is 0.306 e. The molecule has 6 heteroatoms. The molecule has 0 saturated heterocycles. The van der Waals surface area contributed by atoms with E-state index in [0.717, 1.165) is 83.5 Å². The molecule has 0 unspecified atom stereocenters. The Bertz CT molecular complexity index is 1000. The highest BCUT2D eigenvalue weighted by atomic mass is 16.6. The SMILES string of the molecule is CCCC/C=C\CCCCCCCC(=O)O[C@H](COC(=O)CCCCCCCCC/C=C\C/C=C\CCCCC)COC(=O)CCCCCCCCCCCCCCC. The number of ether oxygens (including phenoxy) is 3. The third-order valence-corrected chi connectivity index (χ3v) is 11.1. The first-order valence-electron chi connectivity index (χ1n) is 25.5. The van der Waals surface area contributed by atoms with E-state index in [-0.39, 0.29) is 31.1 Å². The van der Waals surface area contributed by atoms with Gasteiger partial charge in [-0.2, -0.15) is 0 Å². The van der Waals surface area contributed by atoms with Gasteiger partial charge in [0.15, 0.2) is 6.10 Å². The molecule has 0 radical (unpaired) electrons. The molecule has 0 bridgehead atoms. The summed E-state index contributed by atoms with van der Waals surface area (Å²) < 4.78 is 16.8. The molecular formula is C53H96O6. The molecule has 344 valence electrons. The van der Waals surface area contributed by atoms with Crippen LogP contribution in [0.5, 0.6) is 0 Å². The van der Waals surface area contributed by atoms with Gasteiger partial charge < -0.3 is 14.2 Å². The number of allylic oxidation sites excluding steroid dienone is 6. The first-order chi connectivity index (χ1) is 29.0. The van der Waals surface area contributed by atoms with E-state index in [9.17, 15) is 14.4 Å². The lowest BCUT2D eigenvalue weighted by Crippen LogP contribution is -2.30. The first-order valence-corrected chi connectivity index (χ1v) is 25.5. The van der Waals surface area contributed by atoms with E-state index in [2.05, 4.69) is 57.2 Å². The zero-order chi connectivity index (χ0) is 43.0. The summed E-state index contributed by atoms with van der Waals surface area (Å²) in [4.78, 5) is 37.9. The Morgan fingerprint density at radius 2 is 0.627 bits per heavy atom. The van der Waals surface area contributed by atoms with E-state index in [1.807, 2.05) is 0 Å². The van der Waals surface area contributed by atoms with Crippen LogP contribution in [0.15, 0.2) is 36.5 Å². The third-order valence-electron chi connectivity index (χ3n) is 11.1. The van der Waals surface area contributed by atoms with Crippen molar-refractivity contribution in [1.29, 1.82) is 0 Å². The molecule has 0 aliphatic heterocycles. The van der Waals surface area contributed by atoms with Gasteiger partial charge in [0.2, 0.25) is 0 Å². The van der Waals surface area contributed by atoms with Crippen molar-refractivity contribution in [2.24, 2.45) is 0 Å². The van der Waals surface area contributed by atoms with Crippen LogP contribution in [0, 0.1) is 0 Å². The Labute approximate surface area is 365 Å². The van der Waals surface area contributed by atoms with Crippen molar-refractivity contribution >= 4 is 17.9 Å². The van der Waals surface area contributed by atoms with Gasteiger partial charge >= 0.3 is 17.9 Å². The van der Waals surface area contributed by atoms with Gasteiger partial charge in [-0.15, -0.1) is 0 Å². The van der Waals surface area contributed by atoms with Crippen LogP contribution in [0.25, 0.3) is 0 Å². The Kier molecular flexibility index (Phi) is 46.4. The first kappa shape index (κ1) is 56.6. The number of carbonyl (C=O) groups excluding carboxylic acids is 3. The number of rotatable bonds is 46. The van der Waals surface area contributed by atoms with Gasteiger partial charge in [0.25, 0.3) is 0 Å². The van der Waals surface area contributed by atoms with Crippen molar-refractivity contribution in [3.63, 3.8) is 0 Å². The summed E-state index contributed by atoms with van der Waals surface area (Å²) in [6.45, 7) is 6.57. The van der Waals surface area contributed by atoms with E-state index < -0.39 is 6.10 Å². The van der Waals surface area contributed by atoms with Crippen molar-refractivity contribution in [2.45, 2.75) is 271 Å². The Balaban J connectivity index is 4.34. The average molecular weight is 829 g/mol.